The summed E-state index contributed by atoms with van der Waals surface area (Å²) in [5.74, 6) is -3.06. The Kier molecular flexibility index (Phi) is 33.4. The molecule has 0 amide bonds. The third kappa shape index (κ3) is 24.2. The van der Waals surface area contributed by atoms with Crippen LogP contribution in [0.3, 0.4) is 0 Å². The lowest BCUT2D eigenvalue weighted by atomic mass is 9.84. The number of esters is 5. The van der Waals surface area contributed by atoms with E-state index in [2.05, 4.69) is 24.9 Å². The molecular formula is C98H108N10O16. The average Bonchev–Trinajstić information content (AvgIpc) is 1.65. The number of ether oxygens (including phenoxy) is 6. The summed E-state index contributed by atoms with van der Waals surface area (Å²) < 4.78 is 41.6. The van der Waals surface area contributed by atoms with Crippen LogP contribution in [0.15, 0.2) is 263 Å². The quantitative estimate of drug-likeness (QED) is 0.0200. The van der Waals surface area contributed by atoms with E-state index in [1.165, 1.54) is 64.3 Å². The topological polar surface area (TPSA) is 315 Å². The maximum Gasteiger partial charge on any atom is 0.362 e. The molecule has 646 valence electrons. The summed E-state index contributed by atoms with van der Waals surface area (Å²) in [5.41, 5.74) is 7.68. The lowest BCUT2D eigenvalue weighted by Gasteiger charge is -2.29. The second-order valence-corrected chi connectivity index (χ2v) is 30.9. The third-order valence-corrected chi connectivity index (χ3v) is 22.7. The lowest BCUT2D eigenvalue weighted by molar-refractivity contribution is -0.126. The summed E-state index contributed by atoms with van der Waals surface area (Å²) in [6.45, 7) is 17.6. The van der Waals surface area contributed by atoms with E-state index in [4.69, 9.17) is 28.4 Å². The summed E-state index contributed by atoms with van der Waals surface area (Å²) in [4.78, 5) is 142. The van der Waals surface area contributed by atoms with Crippen LogP contribution in [0.4, 0.5) is 0 Å². The van der Waals surface area contributed by atoms with Crippen LogP contribution >= 0.6 is 0 Å². The molecule has 1 aliphatic heterocycles. The molecule has 3 saturated carbocycles. The van der Waals surface area contributed by atoms with E-state index in [9.17, 15) is 47.9 Å². The van der Waals surface area contributed by atoms with Crippen molar-refractivity contribution in [2.45, 2.75) is 177 Å². The van der Waals surface area contributed by atoms with Crippen LogP contribution in [0.1, 0.15) is 249 Å². The molecule has 5 aromatic heterocycles. The van der Waals surface area contributed by atoms with Crippen LogP contribution in [-0.2, 0) is 42.9 Å². The summed E-state index contributed by atoms with van der Waals surface area (Å²) in [5, 5.41) is 0. The van der Waals surface area contributed by atoms with Crippen molar-refractivity contribution in [3.63, 3.8) is 0 Å². The predicted octanol–water partition coefficient (Wildman–Crippen LogP) is 17.9. The molecule has 6 aromatic carbocycles. The predicted molar refractivity (Wildman–Crippen MR) is 465 cm³/mol. The van der Waals surface area contributed by atoms with Gasteiger partial charge in [0, 0.05) is 5.92 Å². The molecule has 0 spiro atoms. The van der Waals surface area contributed by atoms with Gasteiger partial charge in [0.05, 0.1) is 135 Å². The molecule has 0 N–H and O–H groups in total. The second kappa shape index (κ2) is 44.8. The van der Waals surface area contributed by atoms with E-state index in [0.29, 0.717) is 40.5 Å². The van der Waals surface area contributed by atoms with Gasteiger partial charge in [-0.25, -0.2) is 48.9 Å². The van der Waals surface area contributed by atoms with Gasteiger partial charge in [-0.2, -0.15) is 0 Å². The molecule has 3 aliphatic carbocycles. The Labute approximate surface area is 722 Å². The summed E-state index contributed by atoms with van der Waals surface area (Å²) in [7, 11) is 0. The van der Waals surface area contributed by atoms with Crippen LogP contribution < -0.4 is 4.74 Å². The fourth-order valence-electron chi connectivity index (χ4n) is 15.3. The van der Waals surface area contributed by atoms with Crippen molar-refractivity contribution in [1.29, 1.82) is 0 Å². The minimum Gasteiger partial charge on any atom is -0.473 e. The number of para-hydroxylation sites is 1. The van der Waals surface area contributed by atoms with Crippen molar-refractivity contribution in [2.24, 2.45) is 29.6 Å². The number of benzene rings is 6. The molecule has 0 bridgehead atoms. The minimum atomic E-state index is -0.547. The number of allylic oxidation sites excluding steroid dienone is 2. The Morgan fingerprint density at radius 1 is 0.371 bits per heavy atom. The first-order valence-electron chi connectivity index (χ1n) is 41.3. The fourth-order valence-corrected chi connectivity index (χ4v) is 15.3. The molecule has 26 nitrogen and oxygen atoms in total. The van der Waals surface area contributed by atoms with E-state index in [0.717, 1.165) is 72.8 Å². The highest BCUT2D eigenvalue weighted by atomic mass is 16.6. The van der Waals surface area contributed by atoms with Crippen molar-refractivity contribution < 1.29 is 76.4 Å². The van der Waals surface area contributed by atoms with Crippen molar-refractivity contribution in [3.8, 4) is 5.75 Å². The number of carbonyl (C=O) groups is 10. The van der Waals surface area contributed by atoms with Crippen LogP contribution in [0.5, 0.6) is 5.75 Å². The first kappa shape index (κ1) is 92.6. The Morgan fingerprint density at radius 2 is 0.677 bits per heavy atom. The van der Waals surface area contributed by atoms with Gasteiger partial charge in [0.1, 0.15) is 82.3 Å². The third-order valence-electron chi connectivity index (χ3n) is 22.7. The maximum atomic E-state index is 12.7. The van der Waals surface area contributed by atoms with Crippen molar-refractivity contribution in [2.75, 3.05) is 6.61 Å². The van der Waals surface area contributed by atoms with Gasteiger partial charge in [-0.05, 0) is 166 Å². The molecular weight excluding hydrogens is 1570 g/mol. The SMILES string of the molecule is C.CC(=O)C(COC(=O)c1cncn1[C@H](C)c1ccccc1)C1C=COC=C1.CC(=O)C1CC1OC(=O)c1cncn1[C@H](C)c1ccccc1.CC(=O)C1CCCC1OC(=O)c1cncn1[C@H](C)c1ccccc1.CC(=O)C1CCCCC1OC(=O)c1cncn1[C@H](C)c1ccccc1.CC(=O)c1ccccc1OC(=O)c1cncn1[C@H](C)c1ccccc1. The van der Waals surface area contributed by atoms with Gasteiger partial charge < -0.3 is 51.3 Å². The standard InChI is InChI=1S/C21H22N2O4.C20H24N2O3.C20H18N2O3.C19H22N2O3.C17H18N2O3.CH4/c1-15(17-6-4-3-5-7-17)23-14-22-12-20(23)21(25)27-13-19(16(2)24)18-8-10-26-11-9-18;2*1-14(16-8-4-3-5-9-16)22-13-21-12-18(22)20(24)25-19-11-7-6-10-17(19)15(2)23;1-13(15-7-4-3-5-8-15)21-12-20-11-17(21)19(23)24-18-10-6-9-16(18)14(2)22;1-11(13-6-4-3-5-7-13)19-10-18-9-15(19)17(21)22-16-8-14(16)12(2)20;/h3-12,14-15,18-19H,13H2,1-2H3;3-5,8-9,12-14,17,19H,6-7,10-11H2,1-2H3;3-14H,1-2H3;3-5,7-8,11-13,16,18H,6,9-10H2,1-2H3;3-7,9-11,14,16H,8H2,1-2H3;1H4/t15-,19?;14-,17?,19?;14-;13-,16?,18?;11-,14?,16?;/m11111./s1. The van der Waals surface area contributed by atoms with Crippen LogP contribution in [-0.4, -0.2) is 131 Å². The first-order chi connectivity index (χ1) is 59.4. The van der Waals surface area contributed by atoms with Crippen LogP contribution in [0, 0.1) is 29.6 Å². The number of Topliss-reactive ketones (excluding diaryl/α,β-unsaturated/α-hetero) is 5. The molecule has 0 radical (unpaired) electrons. The molecule has 124 heavy (non-hydrogen) atoms. The van der Waals surface area contributed by atoms with Gasteiger partial charge in [0.15, 0.2) is 5.78 Å². The largest absolute Gasteiger partial charge is 0.473 e. The molecule has 7 unspecified atom stereocenters. The zero-order chi connectivity index (χ0) is 87.6. The molecule has 0 saturated heterocycles. The maximum absolute atomic E-state index is 12.7. The Hall–Kier alpha value is -13.7. The number of aromatic nitrogens is 10. The van der Waals surface area contributed by atoms with Gasteiger partial charge in [-0.3, -0.25) is 24.0 Å². The number of rotatable bonds is 27. The average molecular weight is 1680 g/mol. The zero-order valence-corrected chi connectivity index (χ0v) is 70.7. The number of nitrogens with zero attached hydrogens (tertiary/aromatic N) is 10. The summed E-state index contributed by atoms with van der Waals surface area (Å²) in [6.07, 6.45) is 28.0. The van der Waals surface area contributed by atoms with E-state index < -0.39 is 35.8 Å². The van der Waals surface area contributed by atoms with Crippen molar-refractivity contribution in [1.82, 2.24) is 47.8 Å². The first-order valence-corrected chi connectivity index (χ1v) is 41.3. The minimum absolute atomic E-state index is 0. The molecule has 15 rings (SSSR count). The highest BCUT2D eigenvalue weighted by molar-refractivity contribution is 5.99. The normalized spacial score (nSPS) is 18.0. The number of imidazole rings is 5. The number of ketones is 5. The molecule has 12 atom stereocenters. The Balaban J connectivity index is 0.000000162. The van der Waals surface area contributed by atoms with E-state index in [1.807, 2.05) is 195 Å². The molecule has 6 heterocycles. The molecule has 11 aromatic rings. The van der Waals surface area contributed by atoms with Gasteiger partial charge in [0.2, 0.25) is 0 Å². The number of hydrogen-bond acceptors (Lipinski definition) is 21. The lowest BCUT2D eigenvalue weighted by Crippen LogP contribution is -2.34. The molecule has 26 heteroatoms. The molecule has 3 fully saturated rings. The number of carbonyl (C=O) groups excluding carboxylic acids is 10. The monoisotopic (exact) mass is 1680 g/mol. The van der Waals surface area contributed by atoms with Crippen LogP contribution in [0.2, 0.25) is 0 Å². The van der Waals surface area contributed by atoms with Gasteiger partial charge in [-0.1, -0.05) is 178 Å². The van der Waals surface area contributed by atoms with Crippen LogP contribution in [0.25, 0.3) is 0 Å². The van der Waals surface area contributed by atoms with Gasteiger partial charge >= 0.3 is 29.8 Å². The van der Waals surface area contributed by atoms with E-state index in [1.54, 1.807) is 95.6 Å². The smallest absolute Gasteiger partial charge is 0.362 e. The fraction of sp³-hybridized carbons (Fsp3) is 0.337. The van der Waals surface area contributed by atoms with Gasteiger partial charge in [0.25, 0.3) is 0 Å². The Morgan fingerprint density at radius 3 is 1.02 bits per heavy atom. The van der Waals surface area contributed by atoms with E-state index in [-0.39, 0.29) is 121 Å². The summed E-state index contributed by atoms with van der Waals surface area (Å²) in [6, 6.07) is 55.9. The second-order valence-electron chi connectivity index (χ2n) is 30.9. The highest BCUT2D eigenvalue weighted by Crippen LogP contribution is 2.37. The van der Waals surface area contributed by atoms with Crippen molar-refractivity contribution in [3.05, 3.63) is 325 Å². The Bertz CT molecular complexity index is 5450. The number of hydrogen-bond donors (Lipinski definition) is 0. The zero-order valence-electron chi connectivity index (χ0n) is 70.7. The highest BCUT2D eigenvalue weighted by Gasteiger charge is 2.45. The van der Waals surface area contributed by atoms with Crippen molar-refractivity contribution >= 4 is 58.8 Å². The van der Waals surface area contributed by atoms with Gasteiger partial charge in [-0.15, -0.1) is 0 Å². The molecule has 4 aliphatic rings. The summed E-state index contributed by atoms with van der Waals surface area (Å²) >= 11 is 0. The van der Waals surface area contributed by atoms with E-state index >= 15 is 0 Å².